The average Bonchev–Trinajstić information content (AvgIpc) is 3.05. The van der Waals surface area contributed by atoms with Crippen LogP contribution in [-0.2, 0) is 9.53 Å². The molecule has 1 aromatic rings. The zero-order chi connectivity index (χ0) is 18.1. The van der Waals surface area contributed by atoms with Gasteiger partial charge in [-0.2, -0.15) is 0 Å². The minimum atomic E-state index is -0.587. The molecule has 7 nitrogen and oxygen atoms in total. The second kappa shape index (κ2) is 6.66. The first-order valence-electron chi connectivity index (χ1n) is 8.10. The number of aromatic nitrogens is 2. The molecule has 2 heterocycles. The largest absolute Gasteiger partial charge is 0.444 e. The van der Waals surface area contributed by atoms with E-state index >= 15 is 0 Å². The van der Waals surface area contributed by atoms with E-state index < -0.39 is 23.3 Å². The molecule has 0 N–H and O–H groups in total. The molecule has 1 fully saturated rings. The third kappa shape index (κ3) is 4.23. The van der Waals surface area contributed by atoms with Gasteiger partial charge in [0.15, 0.2) is 0 Å². The van der Waals surface area contributed by atoms with Gasteiger partial charge in [-0.05, 0) is 54.4 Å². The number of nitrogens with zero attached hydrogens (tertiary/aromatic N) is 4. The van der Waals surface area contributed by atoms with Crippen molar-refractivity contribution in [1.29, 1.82) is 0 Å². The lowest BCUT2D eigenvalue weighted by Gasteiger charge is -2.37. The van der Waals surface area contributed by atoms with E-state index in [2.05, 4.69) is 10.2 Å². The highest BCUT2D eigenvalue weighted by Crippen LogP contribution is 2.30. The molecule has 24 heavy (non-hydrogen) atoms. The van der Waals surface area contributed by atoms with Gasteiger partial charge in [0, 0.05) is 12.1 Å². The van der Waals surface area contributed by atoms with Crippen LogP contribution in [0, 0.1) is 0 Å². The second-order valence-electron chi connectivity index (χ2n) is 7.90. The molecule has 0 saturated carbocycles. The van der Waals surface area contributed by atoms with Crippen LogP contribution in [0.15, 0.2) is 5.51 Å². The van der Waals surface area contributed by atoms with Crippen molar-refractivity contribution in [2.75, 3.05) is 11.4 Å². The number of carbonyl (C=O) groups is 2. The summed E-state index contributed by atoms with van der Waals surface area (Å²) in [5.74, 6) is -0.136. The lowest BCUT2D eigenvalue weighted by Crippen LogP contribution is -2.55. The zero-order valence-electron chi connectivity index (χ0n) is 15.2. The van der Waals surface area contributed by atoms with Gasteiger partial charge in [-0.3, -0.25) is 14.6 Å². The third-order valence-corrected chi connectivity index (χ3v) is 4.27. The summed E-state index contributed by atoms with van der Waals surface area (Å²) in [7, 11) is 0. The Morgan fingerprint density at radius 1 is 1.29 bits per heavy atom. The van der Waals surface area contributed by atoms with E-state index in [0.717, 1.165) is 6.42 Å². The van der Waals surface area contributed by atoms with E-state index in [1.54, 1.807) is 10.4 Å². The van der Waals surface area contributed by atoms with Gasteiger partial charge >= 0.3 is 6.09 Å². The number of hydrogen-bond acceptors (Lipinski definition) is 6. The Balaban J connectivity index is 2.24. The summed E-state index contributed by atoms with van der Waals surface area (Å²) < 4.78 is 5.45. The number of anilines is 1. The number of hydrogen-bond donors (Lipinski definition) is 0. The van der Waals surface area contributed by atoms with Crippen LogP contribution in [0.4, 0.5) is 9.93 Å². The van der Waals surface area contributed by atoms with Gasteiger partial charge in [0.2, 0.25) is 5.13 Å². The molecular weight excluding hydrogens is 328 g/mol. The van der Waals surface area contributed by atoms with Gasteiger partial charge in [-0.15, -0.1) is 10.2 Å². The van der Waals surface area contributed by atoms with Crippen LogP contribution < -0.4 is 4.90 Å². The standard InChI is InChI=1S/C16H26N4O3S/c1-15(2,3)20(13-18-17-10-24-13)12(21)11-8-7-9-19(11)14(22)23-16(4,5)6/h10-11H,7-9H2,1-6H3. The Hall–Kier alpha value is -1.70. The van der Waals surface area contributed by atoms with Crippen molar-refractivity contribution in [3.05, 3.63) is 5.51 Å². The number of likely N-dealkylation sites (tertiary alicyclic amines) is 1. The highest BCUT2D eigenvalue weighted by atomic mass is 32.1. The molecule has 2 rings (SSSR count). The van der Waals surface area contributed by atoms with Gasteiger partial charge in [-0.1, -0.05) is 11.3 Å². The van der Waals surface area contributed by atoms with Crippen LogP contribution in [0.25, 0.3) is 0 Å². The molecule has 1 atom stereocenters. The van der Waals surface area contributed by atoms with Crippen LogP contribution in [0.1, 0.15) is 54.4 Å². The number of carbonyl (C=O) groups excluding carboxylic acids is 2. The van der Waals surface area contributed by atoms with E-state index in [1.807, 2.05) is 41.5 Å². The van der Waals surface area contributed by atoms with Gasteiger partial charge in [-0.25, -0.2) is 4.79 Å². The SMILES string of the molecule is CC(C)(C)OC(=O)N1CCCC1C(=O)N(c1nncs1)C(C)(C)C. The fourth-order valence-electron chi connectivity index (χ4n) is 2.69. The smallest absolute Gasteiger partial charge is 0.410 e. The van der Waals surface area contributed by atoms with E-state index in [-0.39, 0.29) is 5.91 Å². The summed E-state index contributed by atoms with van der Waals surface area (Å²) in [5, 5.41) is 8.43. The summed E-state index contributed by atoms with van der Waals surface area (Å²) in [5.41, 5.74) is 0.552. The maximum absolute atomic E-state index is 13.2. The van der Waals surface area contributed by atoms with Crippen molar-refractivity contribution >= 4 is 28.5 Å². The molecule has 1 unspecified atom stereocenters. The molecule has 1 aromatic heterocycles. The maximum atomic E-state index is 13.2. The Morgan fingerprint density at radius 3 is 2.46 bits per heavy atom. The highest BCUT2D eigenvalue weighted by molar-refractivity contribution is 7.13. The Morgan fingerprint density at radius 2 is 1.96 bits per heavy atom. The molecule has 0 bridgehead atoms. The topological polar surface area (TPSA) is 75.6 Å². The number of ether oxygens (including phenoxy) is 1. The van der Waals surface area contributed by atoms with E-state index in [4.69, 9.17) is 4.74 Å². The molecule has 0 spiro atoms. The molecule has 0 radical (unpaired) electrons. The fraction of sp³-hybridized carbons (Fsp3) is 0.750. The summed E-state index contributed by atoms with van der Waals surface area (Å²) in [6.45, 7) is 11.8. The quantitative estimate of drug-likeness (QED) is 0.816. The van der Waals surface area contributed by atoms with E-state index in [9.17, 15) is 9.59 Å². The van der Waals surface area contributed by atoms with Crippen LogP contribution >= 0.6 is 11.3 Å². The zero-order valence-corrected chi connectivity index (χ0v) is 16.0. The van der Waals surface area contributed by atoms with Crippen LogP contribution in [0.3, 0.4) is 0 Å². The molecule has 0 aromatic carbocycles. The molecule has 0 aliphatic carbocycles. The van der Waals surface area contributed by atoms with Gasteiger partial charge < -0.3 is 4.74 Å². The molecule has 2 amide bonds. The van der Waals surface area contributed by atoms with Crippen molar-refractivity contribution in [1.82, 2.24) is 15.1 Å². The van der Waals surface area contributed by atoms with Gasteiger partial charge in [0.05, 0.1) is 0 Å². The van der Waals surface area contributed by atoms with E-state index in [1.165, 1.54) is 16.2 Å². The van der Waals surface area contributed by atoms with Crippen molar-refractivity contribution < 1.29 is 14.3 Å². The van der Waals surface area contributed by atoms with Crippen molar-refractivity contribution in [2.45, 2.75) is 71.6 Å². The number of rotatable bonds is 2. The molecule has 8 heteroatoms. The Bertz CT molecular complexity index is 589. The molecule has 1 aliphatic heterocycles. The average molecular weight is 354 g/mol. The molecular formula is C16H26N4O3S. The fourth-order valence-corrected chi connectivity index (χ4v) is 3.44. The summed E-state index contributed by atoms with van der Waals surface area (Å²) in [4.78, 5) is 28.8. The number of amides is 2. The first kappa shape index (κ1) is 18.6. The minimum Gasteiger partial charge on any atom is -0.444 e. The predicted molar refractivity (Wildman–Crippen MR) is 93.1 cm³/mol. The highest BCUT2D eigenvalue weighted by Gasteiger charge is 2.42. The van der Waals surface area contributed by atoms with Gasteiger partial charge in [0.25, 0.3) is 5.91 Å². The first-order chi connectivity index (χ1) is 11.0. The summed E-state index contributed by atoms with van der Waals surface area (Å²) in [6, 6.07) is -0.525. The maximum Gasteiger partial charge on any atom is 0.410 e. The molecule has 1 saturated heterocycles. The van der Waals surface area contributed by atoms with Crippen LogP contribution in [0.5, 0.6) is 0 Å². The lowest BCUT2D eigenvalue weighted by molar-refractivity contribution is -0.123. The van der Waals surface area contributed by atoms with Crippen LogP contribution in [0.2, 0.25) is 0 Å². The van der Waals surface area contributed by atoms with Crippen molar-refractivity contribution in [3.63, 3.8) is 0 Å². The molecule has 1 aliphatic rings. The van der Waals surface area contributed by atoms with Crippen molar-refractivity contribution in [2.24, 2.45) is 0 Å². The summed E-state index contributed by atoms with van der Waals surface area (Å²) >= 11 is 1.31. The van der Waals surface area contributed by atoms with Crippen LogP contribution in [-0.4, -0.2) is 50.8 Å². The van der Waals surface area contributed by atoms with E-state index in [0.29, 0.717) is 18.1 Å². The van der Waals surface area contributed by atoms with Crippen molar-refractivity contribution in [3.8, 4) is 0 Å². The monoisotopic (exact) mass is 354 g/mol. The third-order valence-electron chi connectivity index (χ3n) is 3.60. The normalized spacial score (nSPS) is 18.6. The Kier molecular flexibility index (Phi) is 5.17. The second-order valence-corrected chi connectivity index (χ2v) is 8.71. The van der Waals surface area contributed by atoms with Gasteiger partial charge in [0.1, 0.15) is 17.2 Å². The molecule has 134 valence electrons. The predicted octanol–water partition coefficient (Wildman–Crippen LogP) is 3.07. The summed E-state index contributed by atoms with van der Waals surface area (Å²) in [6.07, 6.45) is 0.970. The lowest BCUT2D eigenvalue weighted by atomic mass is 10.0. The Labute approximate surface area is 147 Å². The first-order valence-corrected chi connectivity index (χ1v) is 8.98. The minimum absolute atomic E-state index is 0.136.